The van der Waals surface area contributed by atoms with Crippen LogP contribution in [0, 0.1) is 10.1 Å². The van der Waals surface area contributed by atoms with Crippen LogP contribution >= 0.6 is 0 Å². The van der Waals surface area contributed by atoms with E-state index >= 15 is 0 Å². The molecule has 0 aliphatic carbocycles. The first-order valence-electron chi connectivity index (χ1n) is 9.26. The molecule has 0 bridgehead atoms. The van der Waals surface area contributed by atoms with Crippen molar-refractivity contribution in [2.24, 2.45) is 0 Å². The molecule has 1 aromatic heterocycles. The SMILES string of the molecule is O=[N+]([O-])c1cc(S(=O)(=O)N2CCCCC2)ccc1Oc1ccc2ncccc2c1. The fourth-order valence-corrected chi connectivity index (χ4v) is 4.92. The number of nitro groups is 1. The molecule has 3 aromatic rings. The summed E-state index contributed by atoms with van der Waals surface area (Å²) in [7, 11) is -3.77. The van der Waals surface area contributed by atoms with Crippen LogP contribution < -0.4 is 4.74 Å². The van der Waals surface area contributed by atoms with Crippen LogP contribution in [0.15, 0.2) is 59.6 Å². The summed E-state index contributed by atoms with van der Waals surface area (Å²) >= 11 is 0. The van der Waals surface area contributed by atoms with Gasteiger partial charge in [-0.15, -0.1) is 0 Å². The Balaban J connectivity index is 1.67. The van der Waals surface area contributed by atoms with Crippen molar-refractivity contribution in [2.45, 2.75) is 24.2 Å². The van der Waals surface area contributed by atoms with E-state index in [-0.39, 0.29) is 10.6 Å². The molecule has 0 saturated carbocycles. The van der Waals surface area contributed by atoms with Crippen LogP contribution in [0.3, 0.4) is 0 Å². The molecule has 0 atom stereocenters. The quantitative estimate of drug-likeness (QED) is 0.461. The van der Waals surface area contributed by atoms with Crippen LogP contribution in [0.1, 0.15) is 19.3 Å². The Bertz CT molecular complexity index is 1170. The van der Waals surface area contributed by atoms with Crippen molar-refractivity contribution < 1.29 is 18.1 Å². The Morgan fingerprint density at radius 2 is 1.83 bits per heavy atom. The first-order valence-corrected chi connectivity index (χ1v) is 10.7. The minimum absolute atomic E-state index is 0.0177. The van der Waals surface area contributed by atoms with Crippen LogP contribution in [0.4, 0.5) is 5.69 Å². The van der Waals surface area contributed by atoms with Gasteiger partial charge in [-0.1, -0.05) is 12.5 Å². The summed E-state index contributed by atoms with van der Waals surface area (Å²) in [5.74, 6) is 0.385. The molecular formula is C20H19N3O5S. The van der Waals surface area contributed by atoms with E-state index < -0.39 is 20.6 Å². The largest absolute Gasteiger partial charge is 0.450 e. The number of benzene rings is 2. The van der Waals surface area contributed by atoms with Gasteiger partial charge in [-0.05, 0) is 49.2 Å². The van der Waals surface area contributed by atoms with Crippen molar-refractivity contribution >= 4 is 26.6 Å². The summed E-state index contributed by atoms with van der Waals surface area (Å²) in [6, 6.07) is 12.6. The van der Waals surface area contributed by atoms with E-state index in [2.05, 4.69) is 4.98 Å². The fourth-order valence-electron chi connectivity index (χ4n) is 3.39. The monoisotopic (exact) mass is 413 g/mol. The molecule has 1 fully saturated rings. The Kier molecular flexibility index (Phi) is 5.16. The summed E-state index contributed by atoms with van der Waals surface area (Å²) < 4.78 is 32.8. The maximum Gasteiger partial charge on any atom is 0.312 e. The summed E-state index contributed by atoms with van der Waals surface area (Å²) in [5, 5.41) is 12.4. The van der Waals surface area contributed by atoms with Gasteiger partial charge in [0.15, 0.2) is 0 Å². The van der Waals surface area contributed by atoms with Crippen molar-refractivity contribution in [2.75, 3.05) is 13.1 Å². The van der Waals surface area contributed by atoms with Gasteiger partial charge in [-0.3, -0.25) is 15.1 Å². The zero-order chi connectivity index (χ0) is 20.4. The number of nitrogens with zero attached hydrogens (tertiary/aromatic N) is 3. The van der Waals surface area contributed by atoms with Crippen molar-refractivity contribution in [1.82, 2.24) is 9.29 Å². The number of nitro benzene ring substituents is 1. The number of pyridine rings is 1. The Labute approximate surface area is 167 Å². The summed E-state index contributed by atoms with van der Waals surface area (Å²) in [6.45, 7) is 0.860. The zero-order valence-electron chi connectivity index (χ0n) is 15.5. The second-order valence-electron chi connectivity index (χ2n) is 6.81. The van der Waals surface area contributed by atoms with Crippen LogP contribution in [0.5, 0.6) is 11.5 Å². The van der Waals surface area contributed by atoms with Gasteiger partial charge in [0.1, 0.15) is 5.75 Å². The van der Waals surface area contributed by atoms with Gasteiger partial charge in [0, 0.05) is 30.7 Å². The van der Waals surface area contributed by atoms with Crippen LogP contribution in [0.25, 0.3) is 10.9 Å². The van der Waals surface area contributed by atoms with E-state index in [1.54, 1.807) is 30.5 Å². The predicted molar refractivity (Wildman–Crippen MR) is 108 cm³/mol. The summed E-state index contributed by atoms with van der Waals surface area (Å²) in [4.78, 5) is 15.1. The normalized spacial score (nSPS) is 15.3. The van der Waals surface area contributed by atoms with Gasteiger partial charge in [-0.2, -0.15) is 4.31 Å². The molecule has 2 heterocycles. The lowest BCUT2D eigenvalue weighted by Gasteiger charge is -2.25. The lowest BCUT2D eigenvalue weighted by atomic mass is 10.2. The highest BCUT2D eigenvalue weighted by Crippen LogP contribution is 2.35. The molecule has 150 valence electrons. The maximum absolute atomic E-state index is 12.8. The standard InChI is InChI=1S/C20H19N3O5S/c24-23(25)19-14-17(29(26,27)22-11-2-1-3-12-22)7-9-20(19)28-16-6-8-18-15(13-16)5-4-10-21-18/h4-10,13-14H,1-3,11-12H2. The van der Waals surface area contributed by atoms with Crippen LogP contribution in [-0.4, -0.2) is 35.7 Å². The van der Waals surface area contributed by atoms with Crippen LogP contribution in [-0.2, 0) is 10.0 Å². The molecular weight excluding hydrogens is 394 g/mol. The van der Waals surface area contributed by atoms with Gasteiger partial charge in [0.25, 0.3) is 0 Å². The van der Waals surface area contributed by atoms with Gasteiger partial charge in [0.05, 0.1) is 15.3 Å². The molecule has 4 rings (SSSR count). The average molecular weight is 413 g/mol. The molecule has 1 aliphatic rings. The first-order chi connectivity index (χ1) is 13.9. The van der Waals surface area contributed by atoms with Crippen molar-refractivity contribution in [3.8, 4) is 11.5 Å². The number of hydrogen-bond acceptors (Lipinski definition) is 6. The molecule has 0 radical (unpaired) electrons. The maximum atomic E-state index is 12.8. The Morgan fingerprint density at radius 3 is 2.59 bits per heavy atom. The van der Waals surface area contributed by atoms with Gasteiger partial charge < -0.3 is 4.74 Å². The number of piperidine rings is 1. The van der Waals surface area contributed by atoms with E-state index in [0.717, 1.165) is 36.2 Å². The lowest BCUT2D eigenvalue weighted by molar-refractivity contribution is -0.385. The summed E-state index contributed by atoms with van der Waals surface area (Å²) in [5.41, 5.74) is 0.381. The smallest absolute Gasteiger partial charge is 0.312 e. The van der Waals surface area contributed by atoms with Crippen molar-refractivity contribution in [3.05, 3.63) is 64.8 Å². The minimum Gasteiger partial charge on any atom is -0.450 e. The molecule has 0 spiro atoms. The third-order valence-electron chi connectivity index (χ3n) is 4.88. The fraction of sp³-hybridized carbons (Fsp3) is 0.250. The Hall–Kier alpha value is -3.04. The predicted octanol–water partition coefficient (Wildman–Crippen LogP) is 4.11. The molecule has 8 nitrogen and oxygen atoms in total. The molecule has 0 amide bonds. The van der Waals surface area contributed by atoms with E-state index in [9.17, 15) is 18.5 Å². The van der Waals surface area contributed by atoms with Gasteiger partial charge in [-0.25, -0.2) is 8.42 Å². The molecule has 29 heavy (non-hydrogen) atoms. The number of aromatic nitrogens is 1. The number of hydrogen-bond donors (Lipinski definition) is 0. The van der Waals surface area contributed by atoms with E-state index in [4.69, 9.17) is 4.74 Å². The van der Waals surface area contributed by atoms with Crippen molar-refractivity contribution in [3.63, 3.8) is 0 Å². The zero-order valence-corrected chi connectivity index (χ0v) is 16.3. The molecule has 0 unspecified atom stereocenters. The molecule has 1 saturated heterocycles. The molecule has 0 N–H and O–H groups in total. The lowest BCUT2D eigenvalue weighted by Crippen LogP contribution is -2.35. The number of sulfonamides is 1. The molecule has 2 aromatic carbocycles. The van der Waals surface area contributed by atoms with E-state index in [0.29, 0.717) is 18.8 Å². The highest BCUT2D eigenvalue weighted by atomic mass is 32.2. The number of ether oxygens (including phenoxy) is 1. The third kappa shape index (κ3) is 3.92. The van der Waals surface area contributed by atoms with Gasteiger partial charge in [0.2, 0.25) is 15.8 Å². The molecule has 9 heteroatoms. The van der Waals surface area contributed by atoms with Crippen LogP contribution in [0.2, 0.25) is 0 Å². The highest BCUT2D eigenvalue weighted by molar-refractivity contribution is 7.89. The number of rotatable bonds is 5. The van der Waals surface area contributed by atoms with Crippen molar-refractivity contribution in [1.29, 1.82) is 0 Å². The van der Waals surface area contributed by atoms with Gasteiger partial charge >= 0.3 is 5.69 Å². The molecule has 1 aliphatic heterocycles. The second-order valence-corrected chi connectivity index (χ2v) is 8.75. The van der Waals surface area contributed by atoms with E-state index in [1.807, 2.05) is 6.07 Å². The third-order valence-corrected chi connectivity index (χ3v) is 6.78. The number of fused-ring (bicyclic) bond motifs is 1. The minimum atomic E-state index is -3.77. The Morgan fingerprint density at radius 1 is 1.03 bits per heavy atom. The second kappa shape index (κ2) is 7.76. The average Bonchev–Trinajstić information content (AvgIpc) is 2.74. The topological polar surface area (TPSA) is 103 Å². The van der Waals surface area contributed by atoms with E-state index in [1.165, 1.54) is 16.4 Å². The highest BCUT2D eigenvalue weighted by Gasteiger charge is 2.29. The first kappa shape index (κ1) is 19.3. The summed E-state index contributed by atoms with van der Waals surface area (Å²) in [6.07, 6.45) is 4.24.